The van der Waals surface area contributed by atoms with Crippen LogP contribution in [0.1, 0.15) is 45.6 Å². The van der Waals surface area contributed by atoms with Gasteiger partial charge in [0, 0.05) is 16.6 Å². The third-order valence-electron chi connectivity index (χ3n) is 2.87. The van der Waals surface area contributed by atoms with E-state index in [0.717, 1.165) is 10.9 Å². The lowest BCUT2D eigenvalue weighted by Crippen LogP contribution is -2.36. The Morgan fingerprint density at radius 3 is 2.35 bits per heavy atom. The predicted octanol–water partition coefficient (Wildman–Crippen LogP) is 4.55. The van der Waals surface area contributed by atoms with Gasteiger partial charge in [-0.15, -0.1) is 0 Å². The van der Waals surface area contributed by atoms with Crippen LogP contribution in [0.3, 0.4) is 0 Å². The number of benzene rings is 1. The highest BCUT2D eigenvalue weighted by atomic mass is 79.9. The van der Waals surface area contributed by atoms with Gasteiger partial charge < -0.3 is 5.32 Å². The number of unbranched alkanes of at least 4 members (excludes halogenated alkanes) is 1. The van der Waals surface area contributed by atoms with Crippen LogP contribution in [0.15, 0.2) is 28.7 Å². The molecule has 1 aromatic carbocycles. The molecule has 0 amide bonds. The van der Waals surface area contributed by atoms with E-state index in [9.17, 15) is 0 Å². The second-order valence-corrected chi connectivity index (χ2v) is 5.91. The summed E-state index contributed by atoms with van der Waals surface area (Å²) in [5.74, 6) is 0. The SMILES string of the molecule is CCCCC(Cc1ccc(Br)cc1)NC(C)C. The van der Waals surface area contributed by atoms with Crippen LogP contribution in [0.5, 0.6) is 0 Å². The molecule has 17 heavy (non-hydrogen) atoms. The Labute approximate surface area is 114 Å². The first-order chi connectivity index (χ1) is 8.11. The van der Waals surface area contributed by atoms with E-state index in [0.29, 0.717) is 12.1 Å². The molecule has 0 aromatic heterocycles. The van der Waals surface area contributed by atoms with Crippen molar-refractivity contribution in [2.45, 2.75) is 58.5 Å². The molecule has 1 nitrogen and oxygen atoms in total. The van der Waals surface area contributed by atoms with Crippen LogP contribution in [0, 0.1) is 0 Å². The van der Waals surface area contributed by atoms with E-state index < -0.39 is 0 Å². The summed E-state index contributed by atoms with van der Waals surface area (Å²) in [7, 11) is 0. The van der Waals surface area contributed by atoms with Crippen LogP contribution in [-0.2, 0) is 6.42 Å². The summed E-state index contributed by atoms with van der Waals surface area (Å²) in [6.07, 6.45) is 4.98. The maximum Gasteiger partial charge on any atom is 0.0175 e. The standard InChI is InChI=1S/C15H24BrN/c1-4-5-6-15(17-12(2)3)11-13-7-9-14(16)10-8-13/h7-10,12,15,17H,4-6,11H2,1-3H3. The van der Waals surface area contributed by atoms with Gasteiger partial charge in [-0.2, -0.15) is 0 Å². The van der Waals surface area contributed by atoms with Crippen molar-refractivity contribution in [3.05, 3.63) is 34.3 Å². The van der Waals surface area contributed by atoms with Gasteiger partial charge >= 0.3 is 0 Å². The quantitative estimate of drug-likeness (QED) is 0.779. The minimum Gasteiger partial charge on any atom is -0.311 e. The first-order valence-corrected chi connectivity index (χ1v) is 7.41. The second kappa shape index (κ2) is 7.88. The van der Waals surface area contributed by atoms with E-state index in [1.54, 1.807) is 0 Å². The fourth-order valence-corrected chi connectivity index (χ4v) is 2.34. The van der Waals surface area contributed by atoms with Crippen molar-refractivity contribution in [1.82, 2.24) is 5.32 Å². The van der Waals surface area contributed by atoms with E-state index in [-0.39, 0.29) is 0 Å². The summed E-state index contributed by atoms with van der Waals surface area (Å²) in [4.78, 5) is 0. The van der Waals surface area contributed by atoms with Crippen LogP contribution < -0.4 is 5.32 Å². The number of hydrogen-bond donors (Lipinski definition) is 1. The van der Waals surface area contributed by atoms with Gasteiger partial charge in [-0.25, -0.2) is 0 Å². The molecule has 0 aliphatic rings. The molecule has 0 radical (unpaired) electrons. The Balaban J connectivity index is 2.54. The van der Waals surface area contributed by atoms with Gasteiger partial charge in [-0.1, -0.05) is 61.7 Å². The first-order valence-electron chi connectivity index (χ1n) is 6.62. The van der Waals surface area contributed by atoms with Crippen molar-refractivity contribution < 1.29 is 0 Å². The normalized spacial score (nSPS) is 13.0. The first kappa shape index (κ1) is 14.7. The molecule has 0 aliphatic carbocycles. The molecule has 96 valence electrons. The molecule has 1 unspecified atom stereocenters. The summed E-state index contributed by atoms with van der Waals surface area (Å²) in [6.45, 7) is 6.70. The van der Waals surface area contributed by atoms with Crippen molar-refractivity contribution in [2.24, 2.45) is 0 Å². The molecule has 1 aromatic rings. The van der Waals surface area contributed by atoms with Crippen molar-refractivity contribution in [3.8, 4) is 0 Å². The molecule has 0 aliphatic heterocycles. The summed E-state index contributed by atoms with van der Waals surface area (Å²) in [5.41, 5.74) is 1.42. The maximum absolute atomic E-state index is 3.67. The molecule has 1 atom stereocenters. The summed E-state index contributed by atoms with van der Waals surface area (Å²) < 4.78 is 1.16. The molecule has 0 spiro atoms. The zero-order valence-electron chi connectivity index (χ0n) is 11.2. The largest absolute Gasteiger partial charge is 0.311 e. The van der Waals surface area contributed by atoms with E-state index in [4.69, 9.17) is 0 Å². The van der Waals surface area contributed by atoms with Crippen LogP contribution in [0.2, 0.25) is 0 Å². The molecule has 0 heterocycles. The molecule has 0 bridgehead atoms. The molecule has 0 fully saturated rings. The van der Waals surface area contributed by atoms with Gasteiger partial charge in [0.15, 0.2) is 0 Å². The van der Waals surface area contributed by atoms with E-state index in [2.05, 4.69) is 66.3 Å². The van der Waals surface area contributed by atoms with E-state index in [1.807, 2.05) is 0 Å². The monoisotopic (exact) mass is 297 g/mol. The van der Waals surface area contributed by atoms with Gasteiger partial charge in [-0.3, -0.25) is 0 Å². The topological polar surface area (TPSA) is 12.0 Å². The highest BCUT2D eigenvalue weighted by molar-refractivity contribution is 9.10. The Kier molecular flexibility index (Phi) is 6.83. The van der Waals surface area contributed by atoms with Crippen molar-refractivity contribution in [2.75, 3.05) is 0 Å². The number of halogens is 1. The van der Waals surface area contributed by atoms with Crippen molar-refractivity contribution in [3.63, 3.8) is 0 Å². The zero-order chi connectivity index (χ0) is 12.7. The highest BCUT2D eigenvalue weighted by Crippen LogP contribution is 2.14. The average molecular weight is 298 g/mol. The highest BCUT2D eigenvalue weighted by Gasteiger charge is 2.10. The lowest BCUT2D eigenvalue weighted by molar-refractivity contribution is 0.425. The Hall–Kier alpha value is -0.340. The third-order valence-corrected chi connectivity index (χ3v) is 3.40. The zero-order valence-corrected chi connectivity index (χ0v) is 12.8. The van der Waals surface area contributed by atoms with Gasteiger partial charge in [0.2, 0.25) is 0 Å². The summed E-state index contributed by atoms with van der Waals surface area (Å²) in [5, 5.41) is 3.67. The molecule has 1 rings (SSSR count). The summed E-state index contributed by atoms with van der Waals surface area (Å²) in [6, 6.07) is 9.85. The molecule has 0 saturated heterocycles. The fourth-order valence-electron chi connectivity index (χ4n) is 2.07. The molecule has 2 heteroatoms. The number of rotatable bonds is 7. The van der Waals surface area contributed by atoms with Crippen LogP contribution >= 0.6 is 15.9 Å². The minimum atomic E-state index is 0.562. The Morgan fingerprint density at radius 2 is 1.82 bits per heavy atom. The van der Waals surface area contributed by atoms with Crippen molar-refractivity contribution in [1.29, 1.82) is 0 Å². The fraction of sp³-hybridized carbons (Fsp3) is 0.600. The van der Waals surface area contributed by atoms with Crippen LogP contribution in [-0.4, -0.2) is 12.1 Å². The second-order valence-electron chi connectivity index (χ2n) is 4.99. The van der Waals surface area contributed by atoms with E-state index >= 15 is 0 Å². The smallest absolute Gasteiger partial charge is 0.0175 e. The van der Waals surface area contributed by atoms with Crippen molar-refractivity contribution >= 4 is 15.9 Å². The third kappa shape index (κ3) is 6.23. The Morgan fingerprint density at radius 1 is 1.18 bits per heavy atom. The maximum atomic E-state index is 3.67. The molecular formula is C15H24BrN. The van der Waals surface area contributed by atoms with Crippen LogP contribution in [0.25, 0.3) is 0 Å². The van der Waals surface area contributed by atoms with Gasteiger partial charge in [0.1, 0.15) is 0 Å². The molecular weight excluding hydrogens is 274 g/mol. The number of nitrogens with one attached hydrogen (secondary N) is 1. The van der Waals surface area contributed by atoms with Gasteiger partial charge in [0.25, 0.3) is 0 Å². The lowest BCUT2D eigenvalue weighted by Gasteiger charge is -2.21. The number of hydrogen-bond acceptors (Lipinski definition) is 1. The van der Waals surface area contributed by atoms with Gasteiger partial charge in [0.05, 0.1) is 0 Å². The molecule has 1 N–H and O–H groups in total. The van der Waals surface area contributed by atoms with Crippen LogP contribution in [0.4, 0.5) is 0 Å². The average Bonchev–Trinajstić information content (AvgIpc) is 2.28. The lowest BCUT2D eigenvalue weighted by atomic mass is 10.0. The van der Waals surface area contributed by atoms with E-state index in [1.165, 1.54) is 24.8 Å². The summed E-state index contributed by atoms with van der Waals surface area (Å²) >= 11 is 3.48. The molecule has 0 saturated carbocycles. The predicted molar refractivity (Wildman–Crippen MR) is 79.4 cm³/mol. The minimum absolute atomic E-state index is 0.562. The van der Waals surface area contributed by atoms with Gasteiger partial charge in [-0.05, 0) is 30.5 Å². The Bertz CT molecular complexity index is 305.